The van der Waals surface area contributed by atoms with Crippen molar-refractivity contribution in [3.63, 3.8) is 0 Å². The van der Waals surface area contributed by atoms with Gasteiger partial charge in [-0.2, -0.15) is 0 Å². The minimum Gasteiger partial charge on any atom is -0.493 e. The van der Waals surface area contributed by atoms with E-state index in [4.69, 9.17) is 9.47 Å². The van der Waals surface area contributed by atoms with Crippen LogP contribution in [0, 0.1) is 5.41 Å². The van der Waals surface area contributed by atoms with Gasteiger partial charge in [0.25, 0.3) is 16.8 Å². The molecule has 0 saturated heterocycles. The molecule has 2 aromatic carbocycles. The summed E-state index contributed by atoms with van der Waals surface area (Å²) in [5.41, 5.74) is -0.579. The minimum atomic E-state index is -0.652. The molecule has 1 atom stereocenters. The highest BCUT2D eigenvalue weighted by Crippen LogP contribution is 2.29. The summed E-state index contributed by atoms with van der Waals surface area (Å²) in [5.74, 6) is 0.550. The van der Waals surface area contributed by atoms with Gasteiger partial charge in [-0.1, -0.05) is 20.8 Å². The Kier molecular flexibility index (Phi) is 6.47. The number of hydrogen-bond acceptors (Lipinski definition) is 8. The second kappa shape index (κ2) is 9.09. The van der Waals surface area contributed by atoms with Gasteiger partial charge in [0.15, 0.2) is 11.5 Å². The molecule has 3 rings (SSSR count). The molecule has 0 fully saturated rings. The van der Waals surface area contributed by atoms with Crippen molar-refractivity contribution in [3.05, 3.63) is 68.7 Å². The first-order chi connectivity index (χ1) is 15.2. The lowest BCUT2D eigenvalue weighted by Crippen LogP contribution is -2.51. The van der Waals surface area contributed by atoms with Crippen LogP contribution < -0.4 is 36.3 Å². The van der Waals surface area contributed by atoms with Gasteiger partial charge < -0.3 is 25.4 Å². The molecule has 0 aliphatic rings. The number of anilines is 3. The van der Waals surface area contributed by atoms with E-state index in [0.717, 1.165) is 0 Å². The molecule has 0 spiro atoms. The van der Waals surface area contributed by atoms with Gasteiger partial charge in [0.2, 0.25) is 0 Å². The van der Waals surface area contributed by atoms with Gasteiger partial charge in [-0.25, -0.2) is 0 Å². The monoisotopic (exact) mass is 438 g/mol. The Morgan fingerprint density at radius 2 is 1.69 bits per heavy atom. The first kappa shape index (κ1) is 22.8. The number of aromatic nitrogens is 1. The summed E-state index contributed by atoms with van der Waals surface area (Å²) in [4.78, 5) is 41.3. The van der Waals surface area contributed by atoms with Crippen molar-refractivity contribution in [1.82, 2.24) is 10.3 Å². The van der Waals surface area contributed by atoms with Crippen molar-refractivity contribution in [2.75, 3.05) is 24.9 Å². The van der Waals surface area contributed by atoms with Crippen LogP contribution in [-0.2, 0) is 0 Å². The fourth-order valence-corrected chi connectivity index (χ4v) is 3.03. The van der Waals surface area contributed by atoms with E-state index in [1.165, 1.54) is 14.2 Å². The van der Waals surface area contributed by atoms with Gasteiger partial charge in [0.05, 0.1) is 26.1 Å². The van der Waals surface area contributed by atoms with Crippen LogP contribution in [0.15, 0.2) is 52.3 Å². The Bertz CT molecular complexity index is 1180. The summed E-state index contributed by atoms with van der Waals surface area (Å²) < 4.78 is 10.5. The van der Waals surface area contributed by atoms with E-state index in [0.29, 0.717) is 22.7 Å². The fourth-order valence-electron chi connectivity index (χ4n) is 3.03. The zero-order chi connectivity index (χ0) is 23.5. The summed E-state index contributed by atoms with van der Waals surface area (Å²) in [6.45, 7) is 5.71. The Balaban J connectivity index is 1.84. The van der Waals surface area contributed by atoms with Crippen molar-refractivity contribution < 1.29 is 14.3 Å². The number of methoxy groups -OCH3 is 2. The van der Waals surface area contributed by atoms with Gasteiger partial charge in [0, 0.05) is 17.2 Å². The maximum absolute atomic E-state index is 12.9. The molecular weight excluding hydrogens is 412 g/mol. The Hall–Kier alpha value is -3.88. The van der Waals surface area contributed by atoms with E-state index in [1.54, 1.807) is 42.7 Å². The maximum Gasteiger partial charge on any atom is 0.253 e. The number of benzene rings is 1. The molecule has 0 radical (unpaired) electrons. The number of hydrogen-bond donors (Lipinski definition) is 3. The van der Waals surface area contributed by atoms with Crippen molar-refractivity contribution in [2.45, 2.75) is 26.9 Å². The molecule has 168 valence electrons. The Labute approximate surface area is 185 Å². The molecule has 1 unspecified atom stereocenters. The largest absolute Gasteiger partial charge is 0.493 e. The van der Waals surface area contributed by atoms with Crippen molar-refractivity contribution >= 4 is 23.0 Å². The lowest BCUT2D eigenvalue weighted by Gasteiger charge is -2.33. The van der Waals surface area contributed by atoms with E-state index < -0.39 is 22.4 Å². The van der Waals surface area contributed by atoms with E-state index in [-0.39, 0.29) is 17.3 Å². The number of amides is 1. The molecule has 0 bridgehead atoms. The molecule has 0 aliphatic heterocycles. The summed E-state index contributed by atoms with van der Waals surface area (Å²) in [6.07, 6.45) is 2.49. The predicted octanol–water partition coefficient (Wildman–Crippen LogP) is 2.65. The molecule has 9 nitrogen and oxygen atoms in total. The average molecular weight is 438 g/mol. The minimum absolute atomic E-state index is 0.117. The van der Waals surface area contributed by atoms with Gasteiger partial charge in [-0.3, -0.25) is 19.4 Å². The lowest BCUT2D eigenvalue weighted by atomic mass is 9.91. The highest BCUT2D eigenvalue weighted by Gasteiger charge is 2.31. The third kappa shape index (κ3) is 4.72. The summed E-state index contributed by atoms with van der Waals surface area (Å²) in [5, 5.41) is 8.85. The second-order valence-corrected chi connectivity index (χ2v) is 8.26. The Morgan fingerprint density at radius 3 is 2.28 bits per heavy atom. The molecular formula is C23H26N4O5. The van der Waals surface area contributed by atoms with Gasteiger partial charge in [0.1, 0.15) is 17.5 Å². The Morgan fingerprint density at radius 1 is 1.00 bits per heavy atom. The summed E-state index contributed by atoms with van der Waals surface area (Å²) >= 11 is 0. The van der Waals surface area contributed by atoms with Crippen LogP contribution in [0.1, 0.15) is 31.1 Å². The van der Waals surface area contributed by atoms with Crippen molar-refractivity contribution in [1.29, 1.82) is 0 Å². The van der Waals surface area contributed by atoms with E-state index in [9.17, 15) is 14.4 Å². The van der Waals surface area contributed by atoms with Crippen LogP contribution >= 0.6 is 0 Å². The molecule has 9 heteroatoms. The molecule has 1 aromatic heterocycles. The fraction of sp³-hybridized carbons (Fsp3) is 0.304. The van der Waals surface area contributed by atoms with Gasteiger partial charge in [-0.15, -0.1) is 0 Å². The third-order valence-electron chi connectivity index (χ3n) is 4.92. The smallest absolute Gasteiger partial charge is 0.253 e. The number of nitrogens with zero attached hydrogens (tertiary/aromatic N) is 1. The molecule has 0 saturated carbocycles. The first-order valence-corrected chi connectivity index (χ1v) is 9.95. The number of ether oxygens (including phenoxy) is 2. The van der Waals surface area contributed by atoms with Crippen molar-refractivity contribution in [2.24, 2.45) is 5.41 Å². The molecule has 3 N–H and O–H groups in total. The number of carbonyl (C=O) groups is 1. The van der Waals surface area contributed by atoms with Crippen LogP contribution in [0.5, 0.6) is 11.5 Å². The summed E-state index contributed by atoms with van der Waals surface area (Å²) in [6, 6.07) is 8.26. The van der Waals surface area contributed by atoms with Gasteiger partial charge in [-0.05, 0) is 30.3 Å². The molecule has 0 aliphatic carbocycles. The predicted molar refractivity (Wildman–Crippen MR) is 123 cm³/mol. The number of nitrogens with one attached hydrogen (secondary N) is 3. The van der Waals surface area contributed by atoms with E-state index in [1.807, 2.05) is 20.8 Å². The second-order valence-electron chi connectivity index (χ2n) is 8.26. The highest BCUT2D eigenvalue weighted by molar-refractivity contribution is 5.95. The molecule has 1 amide bonds. The summed E-state index contributed by atoms with van der Waals surface area (Å²) in [7, 11) is 3.00. The normalized spacial score (nSPS) is 12.2. The van der Waals surface area contributed by atoms with Gasteiger partial charge >= 0.3 is 0 Å². The van der Waals surface area contributed by atoms with Crippen LogP contribution in [0.4, 0.5) is 17.1 Å². The van der Waals surface area contributed by atoms with Crippen LogP contribution in [0.2, 0.25) is 0 Å². The quantitative estimate of drug-likeness (QED) is 0.363. The maximum atomic E-state index is 12.9. The number of carbonyl (C=O) groups excluding carboxylic acids is 1. The van der Waals surface area contributed by atoms with Crippen LogP contribution in [-0.4, -0.2) is 31.3 Å². The first-order valence-electron chi connectivity index (χ1n) is 9.95. The number of pyridine rings is 1. The van der Waals surface area contributed by atoms with Crippen LogP contribution in [0.25, 0.3) is 0 Å². The zero-order valence-corrected chi connectivity index (χ0v) is 18.6. The van der Waals surface area contributed by atoms with E-state index in [2.05, 4.69) is 20.9 Å². The highest BCUT2D eigenvalue weighted by atomic mass is 16.5. The average Bonchev–Trinajstić information content (AvgIpc) is 2.79. The lowest BCUT2D eigenvalue weighted by molar-refractivity contribution is 0.0913. The SMILES string of the molecule is COc1ccc(C(=O)NC(Nc2c(Nc3cccnc3)c(=O)c2=O)C(C)(C)C)cc1OC. The van der Waals surface area contributed by atoms with Crippen molar-refractivity contribution in [3.8, 4) is 11.5 Å². The topological polar surface area (TPSA) is 119 Å². The zero-order valence-electron chi connectivity index (χ0n) is 18.6. The standard InChI is InChI=1S/C23H26N4O5/c1-23(2,3)22(27-21(30)13-8-9-15(31-4)16(11-13)32-5)26-18-17(19(28)20(18)29)25-14-7-6-10-24-12-14/h6-12,22,25-26H,1-5H3,(H,27,30). The van der Waals surface area contributed by atoms with E-state index >= 15 is 0 Å². The molecule has 32 heavy (non-hydrogen) atoms. The van der Waals surface area contributed by atoms with Crippen LogP contribution in [0.3, 0.4) is 0 Å². The number of rotatable bonds is 8. The molecule has 3 aromatic rings. The third-order valence-corrected chi connectivity index (χ3v) is 4.92. The molecule has 1 heterocycles.